The molecule has 0 saturated carbocycles. The Morgan fingerprint density at radius 2 is 0.774 bits per heavy atom. The molecule has 420 valence electrons. The number of thiophene rings is 1. The van der Waals surface area contributed by atoms with Gasteiger partial charge in [-0.25, -0.2) is 0 Å². The first kappa shape index (κ1) is 53.2. The van der Waals surface area contributed by atoms with Crippen LogP contribution in [0.1, 0.15) is 158 Å². The van der Waals surface area contributed by atoms with Gasteiger partial charge in [0.25, 0.3) is 6.71 Å². The SMILES string of the molecule is CC(C)(C)c1cc2c3c(c1)N1c4c(cc(C(C)(C)C)cc4-n4c5ccc(C(C)(C)C)cc5c5cc(C(C)(C)C)cc1c54)B3c1ccc(-n3c4ccc(C(C)(C)C)cc4c4cc(C(C)(C)C)ccc43)cc1N2c1ccc2sc3ccccc3c2c1. The molecule has 6 heteroatoms. The van der Waals surface area contributed by atoms with Crippen molar-refractivity contribution in [3.63, 3.8) is 0 Å². The Morgan fingerprint density at radius 3 is 1.36 bits per heavy atom. The largest absolute Gasteiger partial charge is 0.311 e. The average molecular weight is 1120 g/mol. The lowest BCUT2D eigenvalue weighted by molar-refractivity contribution is 0.589. The van der Waals surface area contributed by atoms with Crippen molar-refractivity contribution in [3.8, 4) is 11.4 Å². The van der Waals surface area contributed by atoms with Crippen LogP contribution in [0.3, 0.4) is 0 Å². The van der Waals surface area contributed by atoms with Crippen LogP contribution in [-0.2, 0) is 32.5 Å². The summed E-state index contributed by atoms with van der Waals surface area (Å²) in [6.45, 7) is 42.5. The number of nitrogens with zero attached hydrogens (tertiary/aromatic N) is 4. The molecule has 6 heterocycles. The molecule has 0 atom stereocenters. The van der Waals surface area contributed by atoms with Gasteiger partial charge in [-0.2, -0.15) is 0 Å². The number of anilines is 6. The average Bonchev–Trinajstić information content (AvgIpc) is 1.11. The van der Waals surface area contributed by atoms with E-state index in [1.54, 1.807) is 0 Å². The van der Waals surface area contributed by atoms with Crippen LogP contribution in [0.4, 0.5) is 34.1 Å². The van der Waals surface area contributed by atoms with E-state index in [2.05, 4.69) is 295 Å². The Hall–Kier alpha value is -7.54. The lowest BCUT2D eigenvalue weighted by atomic mass is 9.33. The van der Waals surface area contributed by atoms with Gasteiger partial charge < -0.3 is 18.9 Å². The highest BCUT2D eigenvalue weighted by atomic mass is 32.1. The van der Waals surface area contributed by atoms with Crippen molar-refractivity contribution in [1.82, 2.24) is 9.13 Å². The molecule has 3 aliphatic rings. The number of fused-ring (bicyclic) bond motifs is 15. The Kier molecular flexibility index (Phi) is 10.8. The first-order chi connectivity index (χ1) is 39.4. The molecule has 4 nitrogen and oxygen atoms in total. The first-order valence-corrected chi connectivity index (χ1v) is 31.5. The molecule has 0 N–H and O–H groups in total. The maximum Gasteiger partial charge on any atom is 0.252 e. The molecule has 3 aromatic heterocycles. The van der Waals surface area contributed by atoms with Gasteiger partial charge in [-0.1, -0.05) is 173 Å². The second kappa shape index (κ2) is 17.1. The third kappa shape index (κ3) is 7.70. The van der Waals surface area contributed by atoms with Gasteiger partial charge in [0.05, 0.1) is 39.1 Å². The van der Waals surface area contributed by atoms with Gasteiger partial charge in [-0.05, 0) is 185 Å². The molecule has 0 aliphatic carbocycles. The third-order valence-corrected chi connectivity index (χ3v) is 20.4. The molecule has 12 aromatic rings. The third-order valence-electron chi connectivity index (χ3n) is 19.3. The molecule has 0 saturated heterocycles. The maximum atomic E-state index is 2.74. The summed E-state index contributed by atoms with van der Waals surface area (Å²) in [6.07, 6.45) is 0. The smallest absolute Gasteiger partial charge is 0.252 e. The van der Waals surface area contributed by atoms with E-state index in [9.17, 15) is 0 Å². The minimum absolute atomic E-state index is 0.00410. The number of hydrogen-bond acceptors (Lipinski definition) is 3. The van der Waals surface area contributed by atoms with Crippen LogP contribution in [0.2, 0.25) is 0 Å². The molecule has 0 spiro atoms. The minimum Gasteiger partial charge on any atom is -0.311 e. The van der Waals surface area contributed by atoms with Gasteiger partial charge in [0.1, 0.15) is 0 Å². The van der Waals surface area contributed by atoms with Crippen LogP contribution >= 0.6 is 11.3 Å². The highest BCUT2D eigenvalue weighted by molar-refractivity contribution is 7.25. The van der Waals surface area contributed by atoms with Crippen molar-refractivity contribution >= 4 is 132 Å². The van der Waals surface area contributed by atoms with Crippen LogP contribution in [0.25, 0.3) is 75.2 Å². The van der Waals surface area contributed by atoms with Crippen LogP contribution in [0, 0.1) is 0 Å². The Balaban J connectivity index is 1.10. The van der Waals surface area contributed by atoms with Gasteiger partial charge in [0.2, 0.25) is 0 Å². The fourth-order valence-electron chi connectivity index (χ4n) is 14.3. The number of rotatable bonds is 2. The number of hydrogen-bond donors (Lipinski definition) is 0. The normalized spacial score (nSPS) is 14.5. The fraction of sp³-hybridized carbons (Fsp3) is 0.308. The minimum atomic E-state index is -0.182. The lowest BCUT2D eigenvalue weighted by Gasteiger charge is -2.47. The molecule has 9 aromatic carbocycles. The molecule has 84 heavy (non-hydrogen) atoms. The summed E-state index contributed by atoms with van der Waals surface area (Å²) in [7, 11) is 0. The van der Waals surface area contributed by atoms with Crippen LogP contribution < -0.4 is 26.2 Å². The highest BCUT2D eigenvalue weighted by Gasteiger charge is 2.48. The monoisotopic (exact) mass is 1110 g/mol. The summed E-state index contributed by atoms with van der Waals surface area (Å²) in [5.41, 5.74) is 26.5. The van der Waals surface area contributed by atoms with Gasteiger partial charge in [-0.15, -0.1) is 11.3 Å². The highest BCUT2D eigenvalue weighted by Crippen LogP contribution is 2.56. The Bertz CT molecular complexity index is 4790. The first-order valence-electron chi connectivity index (χ1n) is 30.7. The molecular formula is C78H79BN4S. The zero-order valence-corrected chi connectivity index (χ0v) is 53.5. The van der Waals surface area contributed by atoms with Crippen molar-refractivity contribution in [2.24, 2.45) is 0 Å². The molecular weight excluding hydrogens is 1040 g/mol. The number of aromatic nitrogens is 2. The lowest BCUT2D eigenvalue weighted by Crippen LogP contribution is -2.62. The predicted octanol–water partition coefficient (Wildman–Crippen LogP) is 20.4. The summed E-state index contributed by atoms with van der Waals surface area (Å²) in [5, 5.41) is 7.84. The van der Waals surface area contributed by atoms with E-state index in [0.29, 0.717) is 0 Å². The van der Waals surface area contributed by atoms with Gasteiger partial charge in [0.15, 0.2) is 0 Å². The Morgan fingerprint density at radius 1 is 0.310 bits per heavy atom. The van der Waals surface area contributed by atoms with Gasteiger partial charge in [-0.3, -0.25) is 0 Å². The molecule has 0 fully saturated rings. The summed E-state index contributed by atoms with van der Waals surface area (Å²) in [4.78, 5) is 5.42. The van der Waals surface area contributed by atoms with Crippen molar-refractivity contribution in [2.75, 3.05) is 9.80 Å². The topological polar surface area (TPSA) is 16.3 Å². The quantitative estimate of drug-likeness (QED) is 0.160. The summed E-state index contributed by atoms with van der Waals surface area (Å²) in [6, 6.07) is 61.0. The summed E-state index contributed by atoms with van der Waals surface area (Å²) in [5.74, 6) is 0. The van der Waals surface area contributed by atoms with E-state index < -0.39 is 0 Å². The van der Waals surface area contributed by atoms with E-state index in [1.165, 1.54) is 153 Å². The van der Waals surface area contributed by atoms with E-state index in [1.807, 2.05) is 11.3 Å². The molecule has 0 bridgehead atoms. The fourth-order valence-corrected chi connectivity index (χ4v) is 15.4. The van der Waals surface area contributed by atoms with E-state index in [-0.39, 0.29) is 39.2 Å². The second-order valence-corrected chi connectivity index (χ2v) is 32.3. The van der Waals surface area contributed by atoms with Crippen LogP contribution in [-0.4, -0.2) is 15.8 Å². The molecule has 0 amide bonds. The van der Waals surface area contributed by atoms with Gasteiger partial charge >= 0.3 is 0 Å². The van der Waals surface area contributed by atoms with E-state index in [0.717, 1.165) is 5.69 Å². The maximum absolute atomic E-state index is 2.74. The zero-order valence-electron chi connectivity index (χ0n) is 52.7. The van der Waals surface area contributed by atoms with Crippen LogP contribution in [0.5, 0.6) is 0 Å². The molecule has 3 aliphatic heterocycles. The molecule has 0 unspecified atom stereocenters. The molecule has 15 rings (SSSR count). The van der Waals surface area contributed by atoms with Crippen molar-refractivity contribution < 1.29 is 0 Å². The number of benzene rings is 9. The van der Waals surface area contributed by atoms with Crippen molar-refractivity contribution in [3.05, 3.63) is 185 Å². The van der Waals surface area contributed by atoms with Crippen LogP contribution in [0.15, 0.2) is 152 Å². The molecule has 0 radical (unpaired) electrons. The summed E-state index contributed by atoms with van der Waals surface area (Å²) >= 11 is 1.89. The standard InChI is InChI=1S/C78H79BN4S/c1-73(2,3)44-23-29-60-53(33-44)54-34-45(74(4,5)6)24-30-61(54)80(60)51-26-28-58-63(43-51)81(50-27-32-69-56(42-50)52-21-19-20-22-68(52)84-69)64-38-49(78(16,17)18)39-65-70(64)79(58)59-37-48(77(13,14)15)41-67-72(59)83(65)66-40-47(76(10,11)12)36-57-55-35-46(75(7,8)9)25-31-62(55)82(67)71(57)66/h19-43H,1-18H3. The van der Waals surface area contributed by atoms with Crippen molar-refractivity contribution in [1.29, 1.82) is 0 Å². The second-order valence-electron chi connectivity index (χ2n) is 31.2. The van der Waals surface area contributed by atoms with E-state index >= 15 is 0 Å². The Labute approximate surface area is 501 Å². The predicted molar refractivity (Wildman–Crippen MR) is 368 cm³/mol. The zero-order chi connectivity index (χ0) is 59.0. The van der Waals surface area contributed by atoms with Crippen molar-refractivity contribution in [2.45, 2.75) is 157 Å². The van der Waals surface area contributed by atoms with Gasteiger partial charge in [0, 0.05) is 70.2 Å². The van der Waals surface area contributed by atoms with E-state index in [4.69, 9.17) is 0 Å². The summed E-state index contributed by atoms with van der Waals surface area (Å²) < 4.78 is 7.85.